The van der Waals surface area contributed by atoms with Crippen molar-refractivity contribution in [3.05, 3.63) is 64.4 Å². The fourth-order valence-corrected chi connectivity index (χ4v) is 3.63. The van der Waals surface area contributed by atoms with Crippen LogP contribution >= 0.6 is 11.6 Å². The van der Waals surface area contributed by atoms with E-state index in [0.29, 0.717) is 10.6 Å². The van der Waals surface area contributed by atoms with E-state index in [4.69, 9.17) is 16.3 Å². The van der Waals surface area contributed by atoms with Crippen LogP contribution in [0.5, 0.6) is 0 Å². The predicted molar refractivity (Wildman–Crippen MR) is 97.9 cm³/mol. The zero-order chi connectivity index (χ0) is 19.3. The van der Waals surface area contributed by atoms with E-state index in [-0.39, 0.29) is 27.6 Å². The van der Waals surface area contributed by atoms with Gasteiger partial charge in [-0.2, -0.15) is 0 Å². The normalized spacial score (nSPS) is 16.7. The molecule has 0 amide bonds. The zero-order valence-electron chi connectivity index (χ0n) is 14.3. The summed E-state index contributed by atoms with van der Waals surface area (Å²) in [6, 6.07) is 10.2. The molecule has 0 saturated heterocycles. The highest BCUT2D eigenvalue weighted by atomic mass is 35.5. The maximum atomic E-state index is 14.7. The van der Waals surface area contributed by atoms with Gasteiger partial charge in [-0.15, -0.1) is 0 Å². The summed E-state index contributed by atoms with van der Waals surface area (Å²) in [5.41, 5.74) is -0.574. The number of benzene rings is 2. The van der Waals surface area contributed by atoms with Gasteiger partial charge in [0.1, 0.15) is 11.6 Å². The fourth-order valence-electron chi connectivity index (χ4n) is 2.77. The Morgan fingerprint density at radius 2 is 1.73 bits per heavy atom. The van der Waals surface area contributed by atoms with Crippen LogP contribution in [0.3, 0.4) is 0 Å². The van der Waals surface area contributed by atoms with Crippen LogP contribution in [0.15, 0.2) is 47.4 Å². The minimum Gasteiger partial charge on any atom is -0.478 e. The van der Waals surface area contributed by atoms with E-state index in [0.717, 1.165) is 12.3 Å². The second-order valence-corrected chi connectivity index (χ2v) is 8.96. The van der Waals surface area contributed by atoms with Gasteiger partial charge in [0.2, 0.25) is 5.78 Å². The molecule has 2 aromatic rings. The van der Waals surface area contributed by atoms with Crippen molar-refractivity contribution >= 4 is 38.6 Å². The quantitative estimate of drug-likeness (QED) is 0.785. The summed E-state index contributed by atoms with van der Waals surface area (Å²) in [7, 11) is -3.56. The molecule has 0 radical (unpaired) electrons. The van der Waals surface area contributed by atoms with E-state index in [2.05, 4.69) is 0 Å². The van der Waals surface area contributed by atoms with Crippen molar-refractivity contribution < 1.29 is 22.3 Å². The zero-order valence-corrected chi connectivity index (χ0v) is 15.9. The SMILES string of the molecule is CC1(C)OC(c2ccc(S(C)(=O)=O)cc2F)=C(c2ccccc2Cl)C1=O. The Morgan fingerprint density at radius 1 is 1.08 bits per heavy atom. The number of hydrogen-bond donors (Lipinski definition) is 0. The Bertz CT molecular complexity index is 1050. The molecule has 4 nitrogen and oxygen atoms in total. The molecule has 0 bridgehead atoms. The Balaban J connectivity index is 2.26. The Hall–Kier alpha value is -2.18. The van der Waals surface area contributed by atoms with E-state index in [1.807, 2.05) is 0 Å². The minimum atomic E-state index is -3.56. The lowest BCUT2D eigenvalue weighted by atomic mass is 9.92. The molecule has 0 spiro atoms. The molecule has 136 valence electrons. The summed E-state index contributed by atoms with van der Waals surface area (Å²) >= 11 is 6.23. The lowest BCUT2D eigenvalue weighted by Crippen LogP contribution is -2.29. The Labute approximate surface area is 156 Å². The lowest BCUT2D eigenvalue weighted by Gasteiger charge is -2.18. The molecule has 1 heterocycles. The first-order valence-corrected chi connectivity index (χ1v) is 10.0. The van der Waals surface area contributed by atoms with Crippen LogP contribution in [0.2, 0.25) is 5.02 Å². The predicted octanol–water partition coefficient (Wildman–Crippen LogP) is 4.13. The van der Waals surface area contributed by atoms with Crippen LogP contribution in [0, 0.1) is 5.82 Å². The topological polar surface area (TPSA) is 60.4 Å². The highest BCUT2D eigenvalue weighted by molar-refractivity contribution is 7.90. The first-order valence-electron chi connectivity index (χ1n) is 7.75. The number of halogens is 2. The third kappa shape index (κ3) is 3.15. The smallest absolute Gasteiger partial charge is 0.210 e. The first-order chi connectivity index (χ1) is 12.0. The van der Waals surface area contributed by atoms with Gasteiger partial charge in [0.25, 0.3) is 0 Å². The van der Waals surface area contributed by atoms with Gasteiger partial charge >= 0.3 is 0 Å². The highest BCUT2D eigenvalue weighted by Crippen LogP contribution is 2.43. The third-order valence-electron chi connectivity index (χ3n) is 4.11. The van der Waals surface area contributed by atoms with Gasteiger partial charge in [0, 0.05) is 16.8 Å². The number of hydrogen-bond acceptors (Lipinski definition) is 4. The number of rotatable bonds is 3. The number of ketones is 1. The maximum Gasteiger partial charge on any atom is 0.210 e. The van der Waals surface area contributed by atoms with E-state index in [9.17, 15) is 17.6 Å². The summed E-state index contributed by atoms with van der Waals surface area (Å²) in [5, 5.41) is 0.336. The molecule has 0 aromatic heterocycles. The Morgan fingerprint density at radius 3 is 2.31 bits per heavy atom. The molecule has 2 aromatic carbocycles. The molecule has 0 unspecified atom stereocenters. The summed E-state index contributed by atoms with van der Waals surface area (Å²) in [6.45, 7) is 3.17. The van der Waals surface area contributed by atoms with Gasteiger partial charge in [-0.1, -0.05) is 29.8 Å². The molecule has 0 N–H and O–H groups in total. The molecule has 1 aliphatic rings. The van der Waals surface area contributed by atoms with Gasteiger partial charge in [-0.3, -0.25) is 4.79 Å². The second-order valence-electron chi connectivity index (χ2n) is 6.54. The van der Waals surface area contributed by atoms with Crippen molar-refractivity contribution in [3.63, 3.8) is 0 Å². The van der Waals surface area contributed by atoms with Crippen LogP contribution in [0.4, 0.5) is 4.39 Å². The summed E-state index contributed by atoms with van der Waals surface area (Å²) < 4.78 is 43.7. The van der Waals surface area contributed by atoms with Gasteiger partial charge in [-0.05, 0) is 38.1 Å². The molecule has 7 heteroatoms. The van der Waals surface area contributed by atoms with Crippen molar-refractivity contribution in [2.45, 2.75) is 24.3 Å². The molecular weight excluding hydrogens is 379 g/mol. The maximum absolute atomic E-state index is 14.7. The van der Waals surface area contributed by atoms with Crippen LogP contribution < -0.4 is 0 Å². The van der Waals surface area contributed by atoms with Gasteiger partial charge < -0.3 is 4.74 Å². The number of carbonyl (C=O) groups excluding carboxylic acids is 1. The highest BCUT2D eigenvalue weighted by Gasteiger charge is 2.44. The van der Waals surface area contributed by atoms with Crippen LogP contribution in [0.25, 0.3) is 11.3 Å². The van der Waals surface area contributed by atoms with Crippen molar-refractivity contribution in [3.8, 4) is 0 Å². The monoisotopic (exact) mass is 394 g/mol. The van der Waals surface area contributed by atoms with Crippen LogP contribution in [-0.4, -0.2) is 26.1 Å². The summed E-state index contributed by atoms with van der Waals surface area (Å²) in [5.74, 6) is -1.07. The molecule has 0 atom stereocenters. The fraction of sp³-hybridized carbons (Fsp3) is 0.211. The molecular formula is C19H16ClFO4S. The average Bonchev–Trinajstić information content (AvgIpc) is 2.77. The van der Waals surface area contributed by atoms with Crippen molar-refractivity contribution in [2.75, 3.05) is 6.26 Å². The molecule has 0 saturated carbocycles. The number of ether oxygens (including phenoxy) is 1. The molecule has 0 fully saturated rings. The van der Waals surface area contributed by atoms with Crippen molar-refractivity contribution in [2.24, 2.45) is 0 Å². The molecule has 26 heavy (non-hydrogen) atoms. The van der Waals surface area contributed by atoms with Gasteiger partial charge in [0.05, 0.1) is 16.0 Å². The third-order valence-corrected chi connectivity index (χ3v) is 5.55. The van der Waals surface area contributed by atoms with Crippen molar-refractivity contribution in [1.82, 2.24) is 0 Å². The van der Waals surface area contributed by atoms with Gasteiger partial charge in [-0.25, -0.2) is 12.8 Å². The molecule has 1 aliphatic heterocycles. The number of Topliss-reactive ketones (excluding diaryl/α,β-unsaturated/α-hetero) is 1. The van der Waals surface area contributed by atoms with Gasteiger partial charge in [0.15, 0.2) is 15.4 Å². The van der Waals surface area contributed by atoms with E-state index in [1.165, 1.54) is 12.1 Å². The molecule has 3 rings (SSSR count). The average molecular weight is 395 g/mol. The van der Waals surface area contributed by atoms with Crippen molar-refractivity contribution in [1.29, 1.82) is 0 Å². The minimum absolute atomic E-state index is 0.00578. The molecule has 0 aliphatic carbocycles. The van der Waals surface area contributed by atoms with E-state index >= 15 is 0 Å². The van der Waals surface area contributed by atoms with E-state index < -0.39 is 21.3 Å². The number of carbonyl (C=O) groups is 1. The number of sulfone groups is 1. The van der Waals surface area contributed by atoms with Crippen LogP contribution in [0.1, 0.15) is 25.0 Å². The first kappa shape index (κ1) is 18.6. The largest absolute Gasteiger partial charge is 0.478 e. The van der Waals surface area contributed by atoms with Crippen LogP contribution in [-0.2, 0) is 19.4 Å². The summed E-state index contributed by atoms with van der Waals surface area (Å²) in [6.07, 6.45) is 0.995. The standard InChI is InChI=1S/C19H16ClFO4S/c1-19(2)18(22)16(12-6-4-5-7-14(12)20)17(25-19)13-9-8-11(10-15(13)21)26(3,23)24/h4-10H,1-3H3. The second kappa shape index (κ2) is 6.21. The lowest BCUT2D eigenvalue weighted by molar-refractivity contribution is -0.125. The summed E-state index contributed by atoms with van der Waals surface area (Å²) in [4.78, 5) is 12.7. The Kier molecular flexibility index (Phi) is 4.45. The van der Waals surface area contributed by atoms with E-state index in [1.54, 1.807) is 38.1 Å².